The highest BCUT2D eigenvalue weighted by Crippen LogP contribution is 2.23. The average molecular weight is 351 g/mol. The maximum absolute atomic E-state index is 12.1. The molecule has 0 aliphatic heterocycles. The summed E-state index contributed by atoms with van der Waals surface area (Å²) in [5, 5.41) is 23.9. The molecule has 5 N–H and O–H groups in total. The molecule has 8 heteroatoms. The minimum atomic E-state index is -0.538. The van der Waals surface area contributed by atoms with E-state index in [-0.39, 0.29) is 17.1 Å². The molecule has 1 aromatic carbocycles. The number of amidine groups is 1. The fourth-order valence-electron chi connectivity index (χ4n) is 1.66. The van der Waals surface area contributed by atoms with Crippen molar-refractivity contribution in [3.63, 3.8) is 0 Å². The van der Waals surface area contributed by atoms with Crippen LogP contribution < -0.4 is 11.1 Å². The smallest absolute Gasteiger partial charge is 0.259 e. The van der Waals surface area contributed by atoms with Gasteiger partial charge in [-0.25, -0.2) is 0 Å². The second-order valence-corrected chi connectivity index (χ2v) is 4.94. The minimum absolute atomic E-state index is 0.0679. The molecule has 0 atom stereocenters. The summed E-state index contributed by atoms with van der Waals surface area (Å²) in [6.07, 6.45) is 2.56. The first-order valence-corrected chi connectivity index (χ1v) is 6.54. The fourth-order valence-corrected chi connectivity index (χ4v) is 2.02. The van der Waals surface area contributed by atoms with Gasteiger partial charge in [0.1, 0.15) is 5.75 Å². The van der Waals surface area contributed by atoms with Crippen LogP contribution in [0.15, 0.2) is 46.3 Å². The first-order chi connectivity index (χ1) is 10.0. The summed E-state index contributed by atoms with van der Waals surface area (Å²) >= 11 is 3.26. The quantitative estimate of drug-likeness (QED) is 0.291. The second-order valence-electron chi connectivity index (χ2n) is 4.02. The molecule has 0 aliphatic rings. The number of halogens is 1. The summed E-state index contributed by atoms with van der Waals surface area (Å²) in [6.45, 7) is 0. The predicted molar refractivity (Wildman–Crippen MR) is 80.5 cm³/mol. The summed E-state index contributed by atoms with van der Waals surface area (Å²) in [5.74, 6) is -0.924. The summed E-state index contributed by atoms with van der Waals surface area (Å²) in [7, 11) is 0. The zero-order valence-corrected chi connectivity index (χ0v) is 12.2. The Labute approximate surface area is 128 Å². The number of carbonyl (C=O) groups is 1. The average Bonchev–Trinajstić information content (AvgIpc) is 2.48. The standard InChI is InChI=1S/C13H11BrN4O3/c14-7-1-2-10(9(5-7)12(15)18-21)17-13(20)8-3-4-16-6-11(8)19/h1-6,19,21H,(H2,15,18)(H,17,20). The molecule has 108 valence electrons. The molecule has 1 amide bonds. The molecule has 2 rings (SSSR count). The first-order valence-electron chi connectivity index (χ1n) is 5.74. The zero-order chi connectivity index (χ0) is 15.4. The number of rotatable bonds is 3. The lowest BCUT2D eigenvalue weighted by atomic mass is 10.1. The number of oxime groups is 1. The SMILES string of the molecule is N/C(=N/O)c1cc(Br)ccc1NC(=O)c1ccncc1O. The van der Waals surface area contributed by atoms with E-state index in [1.165, 1.54) is 18.5 Å². The zero-order valence-electron chi connectivity index (χ0n) is 10.6. The number of amides is 1. The van der Waals surface area contributed by atoms with E-state index in [1.54, 1.807) is 18.2 Å². The highest BCUT2D eigenvalue weighted by Gasteiger charge is 2.14. The van der Waals surface area contributed by atoms with Crippen LogP contribution in [0.2, 0.25) is 0 Å². The van der Waals surface area contributed by atoms with Gasteiger partial charge in [-0.05, 0) is 24.3 Å². The van der Waals surface area contributed by atoms with Crippen LogP contribution in [0.1, 0.15) is 15.9 Å². The van der Waals surface area contributed by atoms with Gasteiger partial charge in [-0.15, -0.1) is 0 Å². The van der Waals surface area contributed by atoms with Gasteiger partial charge in [-0.3, -0.25) is 9.78 Å². The van der Waals surface area contributed by atoms with Crippen LogP contribution >= 0.6 is 15.9 Å². The Balaban J connectivity index is 2.36. The minimum Gasteiger partial charge on any atom is -0.505 e. The van der Waals surface area contributed by atoms with E-state index in [9.17, 15) is 9.90 Å². The van der Waals surface area contributed by atoms with Gasteiger partial charge in [0.25, 0.3) is 5.91 Å². The number of pyridine rings is 1. The number of benzene rings is 1. The highest BCUT2D eigenvalue weighted by molar-refractivity contribution is 9.10. The maximum Gasteiger partial charge on any atom is 0.259 e. The third-order valence-corrected chi connectivity index (χ3v) is 3.15. The molecule has 7 nitrogen and oxygen atoms in total. The van der Waals surface area contributed by atoms with Crippen LogP contribution in [-0.4, -0.2) is 27.0 Å². The van der Waals surface area contributed by atoms with E-state index in [4.69, 9.17) is 10.9 Å². The van der Waals surface area contributed by atoms with Crippen molar-refractivity contribution in [3.05, 3.63) is 52.3 Å². The van der Waals surface area contributed by atoms with Gasteiger partial charge in [0, 0.05) is 16.2 Å². The monoisotopic (exact) mass is 350 g/mol. The number of aromatic nitrogens is 1. The number of nitrogens with two attached hydrogens (primary N) is 1. The van der Waals surface area contributed by atoms with Crippen LogP contribution in [0.3, 0.4) is 0 Å². The molecule has 0 bridgehead atoms. The second kappa shape index (κ2) is 6.23. The number of nitrogens with one attached hydrogen (secondary N) is 1. The molecule has 2 aromatic rings. The van der Waals surface area contributed by atoms with Crippen LogP contribution in [-0.2, 0) is 0 Å². The van der Waals surface area contributed by atoms with Crippen molar-refractivity contribution in [2.45, 2.75) is 0 Å². The Kier molecular flexibility index (Phi) is 4.39. The number of anilines is 1. The van der Waals surface area contributed by atoms with Crippen molar-refractivity contribution in [1.29, 1.82) is 0 Å². The van der Waals surface area contributed by atoms with Crippen molar-refractivity contribution in [3.8, 4) is 5.75 Å². The number of nitrogens with zero attached hydrogens (tertiary/aromatic N) is 2. The Morgan fingerprint density at radius 2 is 2.10 bits per heavy atom. The Hall–Kier alpha value is -2.61. The number of carbonyl (C=O) groups excluding carboxylic acids is 1. The Morgan fingerprint density at radius 3 is 2.76 bits per heavy atom. The molecule has 21 heavy (non-hydrogen) atoms. The first kappa shape index (κ1) is 14.8. The summed E-state index contributed by atoms with van der Waals surface area (Å²) in [6, 6.07) is 6.26. The third-order valence-electron chi connectivity index (χ3n) is 2.66. The highest BCUT2D eigenvalue weighted by atomic mass is 79.9. The Morgan fingerprint density at radius 1 is 1.33 bits per heavy atom. The molecule has 0 aliphatic carbocycles. The lowest BCUT2D eigenvalue weighted by Crippen LogP contribution is -2.19. The maximum atomic E-state index is 12.1. The van der Waals surface area contributed by atoms with E-state index in [2.05, 4.69) is 31.4 Å². The van der Waals surface area contributed by atoms with Gasteiger partial charge in [0.05, 0.1) is 17.4 Å². The molecule has 0 unspecified atom stereocenters. The Bertz CT molecular complexity index is 718. The van der Waals surface area contributed by atoms with E-state index >= 15 is 0 Å². The van der Waals surface area contributed by atoms with Crippen molar-refractivity contribution >= 4 is 33.4 Å². The van der Waals surface area contributed by atoms with Gasteiger partial charge in [-0.2, -0.15) is 0 Å². The fraction of sp³-hybridized carbons (Fsp3) is 0. The van der Waals surface area contributed by atoms with Crippen LogP contribution in [0.4, 0.5) is 5.69 Å². The summed E-state index contributed by atoms with van der Waals surface area (Å²) < 4.78 is 0.703. The van der Waals surface area contributed by atoms with Crippen molar-refractivity contribution < 1.29 is 15.1 Å². The van der Waals surface area contributed by atoms with Crippen molar-refractivity contribution in [2.24, 2.45) is 10.9 Å². The number of hydrogen-bond acceptors (Lipinski definition) is 5. The van der Waals surface area contributed by atoms with Crippen LogP contribution in [0.5, 0.6) is 5.75 Å². The molecule has 0 saturated carbocycles. The molecule has 0 fully saturated rings. The molecule has 1 aromatic heterocycles. The molecule has 1 heterocycles. The van der Waals surface area contributed by atoms with Gasteiger partial charge < -0.3 is 21.4 Å². The van der Waals surface area contributed by atoms with E-state index in [0.717, 1.165) is 0 Å². The summed E-state index contributed by atoms with van der Waals surface area (Å²) in [4.78, 5) is 15.8. The van der Waals surface area contributed by atoms with Gasteiger partial charge >= 0.3 is 0 Å². The topological polar surface area (TPSA) is 121 Å². The van der Waals surface area contributed by atoms with Crippen LogP contribution in [0, 0.1) is 0 Å². The molecule has 0 saturated heterocycles. The molecule has 0 radical (unpaired) electrons. The third kappa shape index (κ3) is 3.29. The number of aromatic hydroxyl groups is 1. The van der Waals surface area contributed by atoms with Crippen molar-refractivity contribution in [2.75, 3.05) is 5.32 Å². The molecular weight excluding hydrogens is 340 g/mol. The van der Waals surface area contributed by atoms with Crippen LogP contribution in [0.25, 0.3) is 0 Å². The van der Waals surface area contributed by atoms with Gasteiger partial charge in [0.2, 0.25) is 0 Å². The van der Waals surface area contributed by atoms with E-state index in [0.29, 0.717) is 15.7 Å². The molecular formula is C13H11BrN4O3. The summed E-state index contributed by atoms with van der Waals surface area (Å²) in [5.41, 5.74) is 6.33. The van der Waals surface area contributed by atoms with Gasteiger partial charge in [0.15, 0.2) is 5.84 Å². The van der Waals surface area contributed by atoms with E-state index in [1.807, 2.05) is 0 Å². The lowest BCUT2D eigenvalue weighted by molar-refractivity contribution is 0.102. The van der Waals surface area contributed by atoms with Crippen molar-refractivity contribution in [1.82, 2.24) is 4.98 Å². The lowest BCUT2D eigenvalue weighted by Gasteiger charge is -2.11. The van der Waals surface area contributed by atoms with Gasteiger partial charge in [-0.1, -0.05) is 21.1 Å². The van der Waals surface area contributed by atoms with E-state index < -0.39 is 5.91 Å². The number of hydrogen-bond donors (Lipinski definition) is 4. The largest absolute Gasteiger partial charge is 0.505 e. The normalized spacial score (nSPS) is 11.2. The molecule has 0 spiro atoms. The predicted octanol–water partition coefficient (Wildman–Crippen LogP) is 1.90.